The van der Waals surface area contributed by atoms with E-state index in [1.54, 1.807) is 12.1 Å². The second-order valence-corrected chi connectivity index (χ2v) is 5.13. The second-order valence-electron chi connectivity index (χ2n) is 5.13. The van der Waals surface area contributed by atoms with E-state index in [0.717, 1.165) is 31.5 Å². The summed E-state index contributed by atoms with van der Waals surface area (Å²) in [6, 6.07) is 7.68. The van der Waals surface area contributed by atoms with Crippen molar-refractivity contribution in [3.8, 4) is 0 Å². The molecule has 0 bridgehead atoms. The van der Waals surface area contributed by atoms with Gasteiger partial charge in [0, 0.05) is 19.2 Å². The van der Waals surface area contributed by atoms with Crippen LogP contribution in [0, 0.1) is 0 Å². The molecule has 0 radical (unpaired) electrons. The summed E-state index contributed by atoms with van der Waals surface area (Å²) in [4.78, 5) is 13.2. The molecular formula is C15H21NO3. The zero-order valence-corrected chi connectivity index (χ0v) is 11.1. The highest BCUT2D eigenvalue weighted by Gasteiger charge is 2.23. The fourth-order valence-corrected chi connectivity index (χ4v) is 2.74. The number of hydrogen-bond donors (Lipinski definition) is 2. The summed E-state index contributed by atoms with van der Waals surface area (Å²) < 4.78 is 0. The fraction of sp³-hybridized carbons (Fsp3) is 0.533. The van der Waals surface area contributed by atoms with Gasteiger partial charge < -0.3 is 10.2 Å². The molecule has 4 nitrogen and oxygen atoms in total. The molecule has 1 atom stereocenters. The summed E-state index contributed by atoms with van der Waals surface area (Å²) in [7, 11) is 0. The molecule has 1 aliphatic rings. The molecule has 1 aromatic carbocycles. The van der Waals surface area contributed by atoms with E-state index in [0.29, 0.717) is 11.6 Å². The number of aromatic carboxylic acids is 1. The Bertz CT molecular complexity index is 416. The van der Waals surface area contributed by atoms with Crippen LogP contribution >= 0.6 is 0 Å². The SMILES string of the molecule is O=C(O)c1ccc(CN2CCCC2CCCO)cc1. The molecule has 2 N–H and O–H groups in total. The molecule has 4 heteroatoms. The summed E-state index contributed by atoms with van der Waals surface area (Å²) in [5, 5.41) is 17.8. The van der Waals surface area contributed by atoms with E-state index in [2.05, 4.69) is 4.90 Å². The van der Waals surface area contributed by atoms with Crippen molar-refractivity contribution < 1.29 is 15.0 Å². The molecule has 0 saturated carbocycles. The average molecular weight is 263 g/mol. The molecule has 0 aromatic heterocycles. The van der Waals surface area contributed by atoms with Gasteiger partial charge in [0.05, 0.1) is 5.56 Å². The number of likely N-dealkylation sites (tertiary alicyclic amines) is 1. The van der Waals surface area contributed by atoms with Gasteiger partial charge in [-0.2, -0.15) is 0 Å². The van der Waals surface area contributed by atoms with Crippen molar-refractivity contribution in [2.24, 2.45) is 0 Å². The molecule has 1 unspecified atom stereocenters. The zero-order valence-electron chi connectivity index (χ0n) is 11.1. The summed E-state index contributed by atoms with van der Waals surface area (Å²) in [5.74, 6) is -0.881. The van der Waals surface area contributed by atoms with Gasteiger partial charge in [-0.15, -0.1) is 0 Å². The van der Waals surface area contributed by atoms with Crippen LogP contribution in [0.15, 0.2) is 24.3 Å². The number of rotatable bonds is 6. The summed E-state index contributed by atoms with van der Waals surface area (Å²) in [5.41, 5.74) is 1.49. The maximum absolute atomic E-state index is 10.8. The molecule has 104 valence electrons. The molecule has 0 spiro atoms. The first-order chi connectivity index (χ1) is 9.20. The lowest BCUT2D eigenvalue weighted by atomic mass is 10.1. The number of aliphatic hydroxyl groups is 1. The first-order valence-electron chi connectivity index (χ1n) is 6.88. The Morgan fingerprint density at radius 3 is 2.68 bits per heavy atom. The molecule has 1 saturated heterocycles. The largest absolute Gasteiger partial charge is 0.478 e. The van der Waals surface area contributed by atoms with Gasteiger partial charge in [0.15, 0.2) is 0 Å². The Balaban J connectivity index is 1.94. The fourth-order valence-electron chi connectivity index (χ4n) is 2.74. The molecule has 2 rings (SSSR count). The Morgan fingerprint density at radius 1 is 1.32 bits per heavy atom. The number of nitrogens with zero attached hydrogens (tertiary/aromatic N) is 1. The van der Waals surface area contributed by atoms with Gasteiger partial charge in [0.1, 0.15) is 0 Å². The first kappa shape index (κ1) is 14.0. The van der Waals surface area contributed by atoms with Gasteiger partial charge in [0.2, 0.25) is 0 Å². The van der Waals surface area contributed by atoms with Gasteiger partial charge in [-0.1, -0.05) is 12.1 Å². The van der Waals surface area contributed by atoms with Gasteiger partial charge in [-0.05, 0) is 49.9 Å². The predicted molar refractivity (Wildman–Crippen MR) is 73.2 cm³/mol. The number of aliphatic hydroxyl groups excluding tert-OH is 1. The van der Waals surface area contributed by atoms with Crippen LogP contribution < -0.4 is 0 Å². The normalized spacial score (nSPS) is 19.7. The van der Waals surface area contributed by atoms with Crippen LogP contribution in [0.3, 0.4) is 0 Å². The first-order valence-corrected chi connectivity index (χ1v) is 6.88. The lowest BCUT2D eigenvalue weighted by molar-refractivity contribution is 0.0697. The molecular weight excluding hydrogens is 242 g/mol. The monoisotopic (exact) mass is 263 g/mol. The Kier molecular flexibility index (Phi) is 4.93. The van der Waals surface area contributed by atoms with E-state index in [4.69, 9.17) is 10.2 Å². The van der Waals surface area contributed by atoms with Crippen molar-refractivity contribution in [1.29, 1.82) is 0 Å². The molecule has 19 heavy (non-hydrogen) atoms. The lowest BCUT2D eigenvalue weighted by Crippen LogP contribution is -2.29. The minimum absolute atomic E-state index is 0.262. The minimum Gasteiger partial charge on any atom is -0.478 e. The van der Waals surface area contributed by atoms with Crippen molar-refractivity contribution in [1.82, 2.24) is 4.90 Å². The third-order valence-electron chi connectivity index (χ3n) is 3.78. The smallest absolute Gasteiger partial charge is 0.335 e. The van der Waals surface area contributed by atoms with E-state index in [9.17, 15) is 4.79 Å². The van der Waals surface area contributed by atoms with Crippen molar-refractivity contribution >= 4 is 5.97 Å². The number of carboxylic acids is 1. The molecule has 0 amide bonds. The van der Waals surface area contributed by atoms with Crippen molar-refractivity contribution in [2.45, 2.75) is 38.3 Å². The average Bonchev–Trinajstić information content (AvgIpc) is 2.84. The molecule has 1 heterocycles. The van der Waals surface area contributed by atoms with Crippen LogP contribution in [0.1, 0.15) is 41.6 Å². The van der Waals surface area contributed by atoms with Crippen LogP contribution in [0.25, 0.3) is 0 Å². The number of carbonyl (C=O) groups is 1. The maximum Gasteiger partial charge on any atom is 0.335 e. The van der Waals surface area contributed by atoms with E-state index in [1.807, 2.05) is 12.1 Å². The lowest BCUT2D eigenvalue weighted by Gasteiger charge is -2.24. The Hall–Kier alpha value is -1.39. The third kappa shape index (κ3) is 3.78. The van der Waals surface area contributed by atoms with Crippen molar-refractivity contribution in [2.75, 3.05) is 13.2 Å². The van der Waals surface area contributed by atoms with Crippen molar-refractivity contribution in [3.05, 3.63) is 35.4 Å². The zero-order chi connectivity index (χ0) is 13.7. The highest BCUT2D eigenvalue weighted by atomic mass is 16.4. The molecule has 1 aromatic rings. The van der Waals surface area contributed by atoms with Crippen LogP contribution in [0.5, 0.6) is 0 Å². The molecule has 0 aliphatic carbocycles. The molecule has 1 fully saturated rings. The van der Waals surface area contributed by atoms with Crippen LogP contribution in [0.2, 0.25) is 0 Å². The highest BCUT2D eigenvalue weighted by molar-refractivity contribution is 5.87. The van der Waals surface area contributed by atoms with Crippen LogP contribution in [-0.4, -0.2) is 40.3 Å². The standard InChI is InChI=1S/C15H21NO3/c17-10-2-4-14-3-1-9-16(14)11-12-5-7-13(8-6-12)15(18)19/h5-8,14,17H,1-4,9-11H2,(H,18,19). The van der Waals surface area contributed by atoms with Gasteiger partial charge in [-0.3, -0.25) is 4.90 Å². The Labute approximate surface area is 113 Å². The number of benzene rings is 1. The van der Waals surface area contributed by atoms with E-state index in [-0.39, 0.29) is 6.61 Å². The summed E-state index contributed by atoms with van der Waals surface area (Å²) in [6.45, 7) is 2.23. The third-order valence-corrected chi connectivity index (χ3v) is 3.78. The molecule has 1 aliphatic heterocycles. The van der Waals surface area contributed by atoms with Gasteiger partial charge >= 0.3 is 5.97 Å². The van der Waals surface area contributed by atoms with Crippen LogP contribution in [-0.2, 0) is 6.54 Å². The minimum atomic E-state index is -0.881. The highest BCUT2D eigenvalue weighted by Crippen LogP contribution is 2.23. The number of carboxylic acid groups (broad SMARTS) is 1. The van der Waals surface area contributed by atoms with E-state index < -0.39 is 5.97 Å². The van der Waals surface area contributed by atoms with Crippen molar-refractivity contribution in [3.63, 3.8) is 0 Å². The predicted octanol–water partition coefficient (Wildman–Crippen LogP) is 2.12. The Morgan fingerprint density at radius 2 is 2.05 bits per heavy atom. The quantitative estimate of drug-likeness (QED) is 0.825. The maximum atomic E-state index is 10.8. The van der Waals surface area contributed by atoms with Gasteiger partial charge in [-0.25, -0.2) is 4.79 Å². The van der Waals surface area contributed by atoms with Gasteiger partial charge in [0.25, 0.3) is 0 Å². The summed E-state index contributed by atoms with van der Waals surface area (Å²) in [6.07, 6.45) is 4.32. The second kappa shape index (κ2) is 6.68. The number of hydrogen-bond acceptors (Lipinski definition) is 3. The van der Waals surface area contributed by atoms with E-state index >= 15 is 0 Å². The van der Waals surface area contributed by atoms with E-state index in [1.165, 1.54) is 12.8 Å². The van der Waals surface area contributed by atoms with Crippen LogP contribution in [0.4, 0.5) is 0 Å². The summed E-state index contributed by atoms with van der Waals surface area (Å²) >= 11 is 0. The topological polar surface area (TPSA) is 60.8 Å².